The molecule has 4 heterocycles. The molecule has 0 bridgehead atoms. The van der Waals surface area contributed by atoms with Gasteiger partial charge in [-0.15, -0.1) is 26.6 Å². The van der Waals surface area contributed by atoms with Gasteiger partial charge in [0, 0.05) is 24.0 Å². The van der Waals surface area contributed by atoms with Gasteiger partial charge in [0.05, 0.1) is 12.2 Å². The summed E-state index contributed by atoms with van der Waals surface area (Å²) in [6, 6.07) is 4.54. The van der Waals surface area contributed by atoms with Gasteiger partial charge in [-0.2, -0.15) is 4.52 Å². The van der Waals surface area contributed by atoms with Crippen LogP contribution in [0, 0.1) is 0 Å². The number of aryl methyl sites for hydroxylation is 2. The van der Waals surface area contributed by atoms with E-state index in [0.29, 0.717) is 6.04 Å². The average molecular weight is 355 g/mol. The number of hydrogen-bond acceptors (Lipinski definition) is 7. The number of fused-ring (bicyclic) bond motifs is 2. The van der Waals surface area contributed by atoms with Crippen LogP contribution in [0.25, 0.3) is 5.65 Å². The minimum Gasteiger partial charge on any atom is -0.352 e. The Balaban J connectivity index is 1.21. The lowest BCUT2D eigenvalue weighted by molar-refractivity contribution is 0.196. The number of likely N-dealkylation sites (N-methyl/N-ethyl adjacent to an activating group) is 1. The fourth-order valence-electron chi connectivity index (χ4n) is 3.62. The van der Waals surface area contributed by atoms with Crippen molar-refractivity contribution in [3.63, 3.8) is 0 Å². The molecule has 5 rings (SSSR count). The van der Waals surface area contributed by atoms with Gasteiger partial charge in [-0.05, 0) is 44.9 Å². The average Bonchev–Trinajstić information content (AvgIpc) is 3.18. The molecule has 0 saturated carbocycles. The first-order valence-electron chi connectivity index (χ1n) is 8.86. The van der Waals surface area contributed by atoms with E-state index in [9.17, 15) is 0 Å². The van der Waals surface area contributed by atoms with Gasteiger partial charge in [0.1, 0.15) is 17.2 Å². The number of aromatic nitrogens is 5. The molecule has 0 spiro atoms. The van der Waals surface area contributed by atoms with Gasteiger partial charge in [-0.1, -0.05) is 0 Å². The fraction of sp³-hybridized carbons (Fsp3) is 0.529. The van der Waals surface area contributed by atoms with Crippen molar-refractivity contribution in [2.45, 2.75) is 38.3 Å². The molecular formula is C17H21N7S. The van der Waals surface area contributed by atoms with Gasteiger partial charge >= 0.3 is 0 Å². The van der Waals surface area contributed by atoms with Crippen LogP contribution in [0.5, 0.6) is 0 Å². The normalized spacial score (nSPS) is 17.9. The Morgan fingerprint density at radius 1 is 1.24 bits per heavy atom. The molecule has 25 heavy (non-hydrogen) atoms. The molecule has 0 atom stereocenters. The molecule has 130 valence electrons. The van der Waals surface area contributed by atoms with E-state index in [-0.39, 0.29) is 0 Å². The summed E-state index contributed by atoms with van der Waals surface area (Å²) in [4.78, 5) is 11.1. The predicted octanol–water partition coefficient (Wildman–Crippen LogP) is 1.78. The summed E-state index contributed by atoms with van der Waals surface area (Å²) in [5.41, 5.74) is 2.15. The van der Waals surface area contributed by atoms with Gasteiger partial charge in [-0.3, -0.25) is 4.90 Å². The van der Waals surface area contributed by atoms with Crippen molar-refractivity contribution in [2.24, 2.45) is 0 Å². The van der Waals surface area contributed by atoms with Gasteiger partial charge in [0.2, 0.25) is 0 Å². The molecule has 1 saturated heterocycles. The largest absolute Gasteiger partial charge is 0.352 e. The third-order valence-electron chi connectivity index (χ3n) is 5.23. The lowest BCUT2D eigenvalue weighted by atomic mass is 10.0. The quantitative estimate of drug-likeness (QED) is 0.711. The molecule has 2 aliphatic rings. The zero-order valence-corrected chi connectivity index (χ0v) is 15.1. The Hall–Kier alpha value is -2.06. The summed E-state index contributed by atoms with van der Waals surface area (Å²) >= 11 is 1.92. The van der Waals surface area contributed by atoms with Gasteiger partial charge in [0.25, 0.3) is 0 Å². The molecule has 1 aliphatic heterocycles. The molecule has 1 aliphatic carbocycles. The fourth-order valence-corrected chi connectivity index (χ4v) is 4.84. The number of rotatable bonds is 4. The molecular weight excluding hydrogens is 334 g/mol. The highest BCUT2D eigenvalue weighted by molar-refractivity contribution is 7.11. The Morgan fingerprint density at radius 2 is 2.12 bits per heavy atom. The Morgan fingerprint density at radius 3 is 3.00 bits per heavy atom. The maximum atomic E-state index is 4.87. The number of hydrogen-bond donors (Lipinski definition) is 0. The molecule has 1 fully saturated rings. The summed E-state index contributed by atoms with van der Waals surface area (Å²) in [5, 5.41) is 13.7. The van der Waals surface area contributed by atoms with E-state index in [4.69, 9.17) is 4.98 Å². The summed E-state index contributed by atoms with van der Waals surface area (Å²) in [6.45, 7) is 2.96. The van der Waals surface area contributed by atoms with Crippen LogP contribution in [0.3, 0.4) is 0 Å². The maximum absolute atomic E-state index is 4.87. The first-order valence-corrected chi connectivity index (χ1v) is 9.67. The molecule has 0 aromatic carbocycles. The van der Waals surface area contributed by atoms with Crippen LogP contribution in [-0.2, 0) is 19.4 Å². The Labute approximate surface area is 150 Å². The van der Waals surface area contributed by atoms with Crippen molar-refractivity contribution in [1.29, 1.82) is 0 Å². The van der Waals surface area contributed by atoms with Crippen LogP contribution in [-0.4, -0.2) is 55.9 Å². The van der Waals surface area contributed by atoms with E-state index in [1.807, 2.05) is 23.5 Å². The van der Waals surface area contributed by atoms with Crippen molar-refractivity contribution >= 4 is 22.8 Å². The minimum absolute atomic E-state index is 0.555. The minimum atomic E-state index is 0.555. The molecule has 7 nitrogen and oxygen atoms in total. The number of thiazole rings is 1. The molecule has 3 aromatic rings. The van der Waals surface area contributed by atoms with Gasteiger partial charge < -0.3 is 4.90 Å². The van der Waals surface area contributed by atoms with E-state index >= 15 is 0 Å². The highest BCUT2D eigenvalue weighted by Crippen LogP contribution is 2.28. The van der Waals surface area contributed by atoms with Crippen molar-refractivity contribution in [3.05, 3.63) is 34.0 Å². The second-order valence-corrected chi connectivity index (χ2v) is 8.15. The highest BCUT2D eigenvalue weighted by atomic mass is 32.1. The van der Waals surface area contributed by atoms with E-state index < -0.39 is 0 Å². The van der Waals surface area contributed by atoms with E-state index in [2.05, 4.69) is 32.1 Å². The molecule has 8 heteroatoms. The highest BCUT2D eigenvalue weighted by Gasteiger charge is 2.31. The first kappa shape index (κ1) is 15.2. The smallest absolute Gasteiger partial charge is 0.177 e. The van der Waals surface area contributed by atoms with Crippen LogP contribution in [0.2, 0.25) is 0 Å². The van der Waals surface area contributed by atoms with Crippen molar-refractivity contribution < 1.29 is 0 Å². The maximum Gasteiger partial charge on any atom is 0.177 e. The molecule has 0 N–H and O–H groups in total. The number of anilines is 1. The zero-order valence-electron chi connectivity index (χ0n) is 14.3. The van der Waals surface area contributed by atoms with Crippen molar-refractivity contribution in [3.8, 4) is 0 Å². The monoisotopic (exact) mass is 355 g/mol. The topological polar surface area (TPSA) is 62.5 Å². The first-order chi connectivity index (χ1) is 12.3. The summed E-state index contributed by atoms with van der Waals surface area (Å²) < 4.78 is 1.73. The number of nitrogens with zero attached hydrogens (tertiary/aromatic N) is 7. The SMILES string of the molecule is CN(Cc1nc2c(s1)CCCC2)C1CN(c2ccc3nncn3n2)C1. The van der Waals surface area contributed by atoms with Crippen LogP contribution < -0.4 is 4.90 Å². The zero-order chi connectivity index (χ0) is 16.8. The second kappa shape index (κ2) is 6.03. The molecule has 0 radical (unpaired) electrons. The second-order valence-electron chi connectivity index (χ2n) is 6.98. The van der Waals surface area contributed by atoms with Crippen LogP contribution in [0.4, 0.5) is 5.82 Å². The lowest BCUT2D eigenvalue weighted by Crippen LogP contribution is -2.58. The van der Waals surface area contributed by atoms with Crippen LogP contribution in [0.1, 0.15) is 28.4 Å². The summed E-state index contributed by atoms with van der Waals surface area (Å²) in [6.07, 6.45) is 6.67. The lowest BCUT2D eigenvalue weighted by Gasteiger charge is -2.44. The van der Waals surface area contributed by atoms with Crippen molar-refractivity contribution in [2.75, 3.05) is 25.0 Å². The Kier molecular flexibility index (Phi) is 3.67. The van der Waals surface area contributed by atoms with Crippen molar-refractivity contribution in [1.82, 2.24) is 29.7 Å². The Bertz CT molecular complexity index is 872. The standard InChI is InChI=1S/C17H21N7S/c1-22(10-17-19-13-4-2-3-5-14(13)25-17)12-8-23(9-12)16-7-6-15-20-18-11-24(15)21-16/h6-7,11-12H,2-5,8-10H2,1H3. The predicted molar refractivity (Wildman–Crippen MR) is 97.0 cm³/mol. The van der Waals surface area contributed by atoms with E-state index in [1.165, 1.54) is 41.3 Å². The third-order valence-corrected chi connectivity index (χ3v) is 6.37. The van der Waals surface area contributed by atoms with E-state index in [1.54, 1.807) is 10.8 Å². The summed E-state index contributed by atoms with van der Waals surface area (Å²) in [5.74, 6) is 0.988. The molecule has 3 aromatic heterocycles. The van der Waals surface area contributed by atoms with Crippen LogP contribution in [0.15, 0.2) is 18.5 Å². The molecule has 0 unspecified atom stereocenters. The molecule has 0 amide bonds. The van der Waals surface area contributed by atoms with Gasteiger partial charge in [0.15, 0.2) is 5.65 Å². The van der Waals surface area contributed by atoms with E-state index in [0.717, 1.165) is 31.1 Å². The summed E-state index contributed by atoms with van der Waals surface area (Å²) in [7, 11) is 2.21. The van der Waals surface area contributed by atoms with Gasteiger partial charge in [-0.25, -0.2) is 4.98 Å². The third kappa shape index (κ3) is 2.79. The van der Waals surface area contributed by atoms with Crippen LogP contribution >= 0.6 is 11.3 Å².